The Kier molecular flexibility index (Phi) is 5.29. The highest BCUT2D eigenvalue weighted by molar-refractivity contribution is 6.32. The standard InChI is InChI=1S/C20H18ClFN2O/c1-13(2)16-5-3-4-14(10-16)11-20-24-23-19(25-20)9-7-15-6-8-17(22)12-18(15)21/h3-10,12-13H,11H2,1-2H3/b9-7+. The lowest BCUT2D eigenvalue weighted by Gasteiger charge is -2.06. The minimum atomic E-state index is -0.370. The molecule has 0 atom stereocenters. The molecule has 0 fully saturated rings. The van der Waals surface area contributed by atoms with E-state index >= 15 is 0 Å². The number of nitrogens with zero attached hydrogens (tertiary/aromatic N) is 2. The summed E-state index contributed by atoms with van der Waals surface area (Å²) in [5.41, 5.74) is 3.10. The minimum absolute atomic E-state index is 0.335. The minimum Gasteiger partial charge on any atom is -0.421 e. The van der Waals surface area contributed by atoms with Gasteiger partial charge in [0.05, 0.1) is 11.4 Å². The Hall–Kier alpha value is -2.46. The zero-order chi connectivity index (χ0) is 17.8. The number of rotatable bonds is 5. The fourth-order valence-corrected chi connectivity index (χ4v) is 2.67. The van der Waals surface area contributed by atoms with E-state index in [0.717, 1.165) is 5.56 Å². The molecule has 25 heavy (non-hydrogen) atoms. The van der Waals surface area contributed by atoms with Crippen LogP contribution < -0.4 is 0 Å². The predicted octanol–water partition coefficient (Wildman–Crippen LogP) is 5.75. The van der Waals surface area contributed by atoms with Gasteiger partial charge in [0.15, 0.2) is 0 Å². The molecule has 128 valence electrons. The number of benzene rings is 2. The summed E-state index contributed by atoms with van der Waals surface area (Å²) in [5.74, 6) is 1.04. The van der Waals surface area contributed by atoms with Gasteiger partial charge in [0.25, 0.3) is 0 Å². The predicted molar refractivity (Wildman–Crippen MR) is 98.0 cm³/mol. The molecule has 0 N–H and O–H groups in total. The first-order chi connectivity index (χ1) is 12.0. The smallest absolute Gasteiger partial charge is 0.240 e. The van der Waals surface area contributed by atoms with Crippen LogP contribution in [-0.4, -0.2) is 10.2 Å². The van der Waals surface area contributed by atoms with Crippen LogP contribution in [0.3, 0.4) is 0 Å². The van der Waals surface area contributed by atoms with Crippen LogP contribution in [0.4, 0.5) is 4.39 Å². The SMILES string of the molecule is CC(C)c1cccc(Cc2nnc(/C=C/c3ccc(F)cc3Cl)o2)c1. The third kappa shape index (κ3) is 4.54. The van der Waals surface area contributed by atoms with Gasteiger partial charge in [-0.05, 0) is 40.8 Å². The molecule has 0 aliphatic carbocycles. The maximum atomic E-state index is 13.0. The van der Waals surface area contributed by atoms with Crippen molar-refractivity contribution in [2.45, 2.75) is 26.2 Å². The summed E-state index contributed by atoms with van der Waals surface area (Å²) in [5, 5.41) is 8.42. The first kappa shape index (κ1) is 17.4. The van der Waals surface area contributed by atoms with E-state index < -0.39 is 0 Å². The molecule has 3 rings (SSSR count). The summed E-state index contributed by atoms with van der Waals surface area (Å²) in [6, 6.07) is 12.6. The number of hydrogen-bond acceptors (Lipinski definition) is 3. The summed E-state index contributed by atoms with van der Waals surface area (Å²) in [7, 11) is 0. The van der Waals surface area contributed by atoms with Crippen molar-refractivity contribution in [2.75, 3.05) is 0 Å². The van der Waals surface area contributed by atoms with Crippen molar-refractivity contribution in [3.8, 4) is 0 Å². The molecule has 1 aromatic heterocycles. The van der Waals surface area contributed by atoms with E-state index in [4.69, 9.17) is 16.0 Å². The monoisotopic (exact) mass is 356 g/mol. The third-order valence-corrected chi connectivity index (χ3v) is 4.15. The molecule has 3 nitrogen and oxygen atoms in total. The zero-order valence-electron chi connectivity index (χ0n) is 14.0. The Morgan fingerprint density at radius 3 is 2.72 bits per heavy atom. The molecule has 0 aliphatic heterocycles. The Labute approximate surface area is 151 Å². The Morgan fingerprint density at radius 1 is 1.12 bits per heavy atom. The van der Waals surface area contributed by atoms with Gasteiger partial charge in [-0.1, -0.05) is 55.8 Å². The number of hydrogen-bond donors (Lipinski definition) is 0. The first-order valence-electron chi connectivity index (χ1n) is 8.05. The van der Waals surface area contributed by atoms with E-state index in [1.54, 1.807) is 18.2 Å². The highest BCUT2D eigenvalue weighted by Crippen LogP contribution is 2.20. The molecule has 0 bridgehead atoms. The molecule has 0 amide bonds. The van der Waals surface area contributed by atoms with E-state index in [-0.39, 0.29) is 5.82 Å². The van der Waals surface area contributed by atoms with E-state index in [0.29, 0.717) is 34.7 Å². The van der Waals surface area contributed by atoms with Crippen molar-refractivity contribution < 1.29 is 8.81 Å². The number of halogens is 2. The summed E-state index contributed by atoms with van der Waals surface area (Å²) < 4.78 is 18.7. The van der Waals surface area contributed by atoms with Gasteiger partial charge in [-0.15, -0.1) is 10.2 Å². The van der Waals surface area contributed by atoms with Gasteiger partial charge in [0.2, 0.25) is 11.8 Å². The van der Waals surface area contributed by atoms with Crippen LogP contribution in [0.15, 0.2) is 46.9 Å². The topological polar surface area (TPSA) is 38.9 Å². The maximum Gasteiger partial charge on any atom is 0.240 e. The van der Waals surface area contributed by atoms with Gasteiger partial charge in [-0.3, -0.25) is 0 Å². The lowest BCUT2D eigenvalue weighted by Crippen LogP contribution is -1.92. The molecular weight excluding hydrogens is 339 g/mol. The number of aromatic nitrogens is 2. The van der Waals surface area contributed by atoms with Gasteiger partial charge >= 0.3 is 0 Å². The molecule has 5 heteroatoms. The lowest BCUT2D eigenvalue weighted by molar-refractivity contribution is 0.496. The van der Waals surface area contributed by atoms with E-state index in [2.05, 4.69) is 36.2 Å². The fraction of sp³-hybridized carbons (Fsp3) is 0.200. The van der Waals surface area contributed by atoms with Crippen molar-refractivity contribution in [2.24, 2.45) is 0 Å². The zero-order valence-corrected chi connectivity index (χ0v) is 14.8. The summed E-state index contributed by atoms with van der Waals surface area (Å²) in [6.45, 7) is 4.32. The van der Waals surface area contributed by atoms with Gasteiger partial charge in [0, 0.05) is 6.08 Å². The second-order valence-corrected chi connectivity index (χ2v) is 6.52. The summed E-state index contributed by atoms with van der Waals surface area (Å²) in [6.07, 6.45) is 3.97. The fourth-order valence-electron chi connectivity index (χ4n) is 2.44. The van der Waals surface area contributed by atoms with E-state index in [1.165, 1.54) is 17.7 Å². The van der Waals surface area contributed by atoms with Crippen molar-refractivity contribution >= 4 is 23.8 Å². The quantitative estimate of drug-likeness (QED) is 0.584. The highest BCUT2D eigenvalue weighted by Gasteiger charge is 2.07. The van der Waals surface area contributed by atoms with Gasteiger partial charge in [-0.25, -0.2) is 4.39 Å². The Balaban J connectivity index is 1.72. The van der Waals surface area contributed by atoms with Crippen LogP contribution in [0.5, 0.6) is 0 Å². The van der Waals surface area contributed by atoms with Gasteiger partial charge in [-0.2, -0.15) is 0 Å². The van der Waals surface area contributed by atoms with Crippen LogP contribution in [-0.2, 0) is 6.42 Å². The van der Waals surface area contributed by atoms with Crippen molar-refractivity contribution in [3.63, 3.8) is 0 Å². The van der Waals surface area contributed by atoms with Crippen LogP contribution >= 0.6 is 11.6 Å². The van der Waals surface area contributed by atoms with E-state index in [1.807, 2.05) is 12.1 Å². The molecular formula is C20H18ClFN2O. The highest BCUT2D eigenvalue weighted by atomic mass is 35.5. The molecule has 0 saturated carbocycles. The molecule has 0 aliphatic rings. The normalized spacial score (nSPS) is 11.6. The van der Waals surface area contributed by atoms with Crippen molar-refractivity contribution in [1.29, 1.82) is 0 Å². The molecule has 0 unspecified atom stereocenters. The molecule has 0 radical (unpaired) electrons. The van der Waals surface area contributed by atoms with Crippen LogP contribution in [0.2, 0.25) is 5.02 Å². The molecule has 2 aromatic carbocycles. The van der Waals surface area contributed by atoms with Crippen LogP contribution in [0.1, 0.15) is 48.2 Å². The maximum absolute atomic E-state index is 13.0. The van der Waals surface area contributed by atoms with Gasteiger partial charge < -0.3 is 4.42 Å². The van der Waals surface area contributed by atoms with Gasteiger partial charge in [0.1, 0.15) is 5.82 Å². The van der Waals surface area contributed by atoms with Crippen LogP contribution in [0, 0.1) is 5.82 Å². The van der Waals surface area contributed by atoms with Crippen molar-refractivity contribution in [3.05, 3.63) is 81.8 Å². The summed E-state index contributed by atoms with van der Waals surface area (Å²) >= 11 is 5.99. The first-order valence-corrected chi connectivity index (χ1v) is 8.43. The summed E-state index contributed by atoms with van der Waals surface area (Å²) in [4.78, 5) is 0. The van der Waals surface area contributed by atoms with E-state index in [9.17, 15) is 4.39 Å². The molecule has 0 spiro atoms. The molecule has 3 aromatic rings. The Bertz CT molecular complexity index is 902. The second kappa shape index (κ2) is 7.62. The second-order valence-electron chi connectivity index (χ2n) is 6.11. The molecule has 1 heterocycles. The Morgan fingerprint density at radius 2 is 1.96 bits per heavy atom. The molecule has 0 saturated heterocycles. The van der Waals surface area contributed by atoms with Crippen LogP contribution in [0.25, 0.3) is 12.2 Å². The largest absolute Gasteiger partial charge is 0.421 e. The average Bonchev–Trinajstić information content (AvgIpc) is 3.01. The average molecular weight is 357 g/mol. The lowest BCUT2D eigenvalue weighted by atomic mass is 10.00. The van der Waals surface area contributed by atoms with Crippen molar-refractivity contribution in [1.82, 2.24) is 10.2 Å². The third-order valence-electron chi connectivity index (χ3n) is 3.82.